The molecule has 3 N–H and O–H groups in total. The Morgan fingerprint density at radius 1 is 1.07 bits per heavy atom. The molecule has 0 saturated heterocycles. The van der Waals surface area contributed by atoms with Crippen LogP contribution in [-0.4, -0.2) is 28.0 Å². The summed E-state index contributed by atoms with van der Waals surface area (Å²) in [4.78, 5) is 30.6. The zero-order valence-corrected chi connectivity index (χ0v) is 16.1. The van der Waals surface area contributed by atoms with Crippen LogP contribution in [0.4, 0.5) is 19.1 Å². The third-order valence-electron chi connectivity index (χ3n) is 4.49. The summed E-state index contributed by atoms with van der Waals surface area (Å²) in [7, 11) is 0. The molecule has 7 nitrogen and oxygen atoms in total. The molecular formula is C17H14Cl2F3N5O2. The molecule has 1 aliphatic rings. The van der Waals surface area contributed by atoms with Crippen molar-refractivity contribution in [2.45, 2.75) is 31.0 Å². The van der Waals surface area contributed by atoms with Gasteiger partial charge >= 0.3 is 12.1 Å². The van der Waals surface area contributed by atoms with E-state index in [4.69, 9.17) is 23.2 Å². The lowest BCUT2D eigenvalue weighted by Crippen LogP contribution is -2.47. The highest BCUT2D eigenvalue weighted by molar-refractivity contribution is 6.42. The van der Waals surface area contributed by atoms with Crippen molar-refractivity contribution in [3.8, 4) is 0 Å². The highest BCUT2D eigenvalue weighted by Gasteiger charge is 2.41. The number of halogens is 5. The molecule has 2 amide bonds. The van der Waals surface area contributed by atoms with Crippen molar-refractivity contribution in [2.24, 2.45) is 0 Å². The molecule has 154 valence electrons. The number of hydrogen-bond acceptors (Lipinski definition) is 5. The van der Waals surface area contributed by atoms with Crippen LogP contribution in [0.1, 0.15) is 35.2 Å². The summed E-state index contributed by atoms with van der Waals surface area (Å²) in [6, 6.07) is 5.32. The van der Waals surface area contributed by atoms with Crippen LogP contribution >= 0.6 is 23.2 Å². The highest BCUT2D eigenvalue weighted by Crippen LogP contribution is 2.47. The van der Waals surface area contributed by atoms with Gasteiger partial charge in [0.2, 0.25) is 5.95 Å². The van der Waals surface area contributed by atoms with Crippen LogP contribution in [-0.2, 0) is 10.3 Å². The largest absolute Gasteiger partial charge is 0.472 e. The highest BCUT2D eigenvalue weighted by atomic mass is 35.5. The van der Waals surface area contributed by atoms with Gasteiger partial charge in [-0.1, -0.05) is 35.3 Å². The van der Waals surface area contributed by atoms with Crippen molar-refractivity contribution in [3.63, 3.8) is 0 Å². The Labute approximate surface area is 173 Å². The maximum atomic E-state index is 12.1. The number of nitrogens with one attached hydrogen (secondary N) is 3. The first-order chi connectivity index (χ1) is 13.6. The minimum atomic E-state index is -5.11. The van der Waals surface area contributed by atoms with Crippen molar-refractivity contribution in [1.29, 1.82) is 0 Å². The van der Waals surface area contributed by atoms with E-state index in [9.17, 15) is 22.8 Å². The first-order valence-electron chi connectivity index (χ1n) is 8.35. The van der Waals surface area contributed by atoms with Crippen LogP contribution < -0.4 is 16.2 Å². The monoisotopic (exact) mass is 447 g/mol. The number of amides is 2. The summed E-state index contributed by atoms with van der Waals surface area (Å²) in [5.41, 5.74) is 3.07. The molecule has 1 heterocycles. The lowest BCUT2D eigenvalue weighted by molar-refractivity contribution is -0.174. The number of carbonyl (C=O) groups excluding carboxylic acids is 2. The lowest BCUT2D eigenvalue weighted by Gasteiger charge is -2.43. The molecule has 0 atom stereocenters. The van der Waals surface area contributed by atoms with E-state index < -0.39 is 23.5 Å². The fourth-order valence-corrected chi connectivity index (χ4v) is 3.33. The first kappa shape index (κ1) is 21.1. The SMILES string of the molecule is O=C(NNC(=O)C(F)(F)F)c1cnc(NC2(c3cccc(Cl)c3Cl)CCC2)nc1. The summed E-state index contributed by atoms with van der Waals surface area (Å²) in [5.74, 6) is -3.09. The predicted octanol–water partition coefficient (Wildman–Crippen LogP) is 3.60. The topological polar surface area (TPSA) is 96.0 Å². The normalized spacial score (nSPS) is 15.2. The van der Waals surface area contributed by atoms with Crippen LogP contribution in [0.3, 0.4) is 0 Å². The van der Waals surface area contributed by atoms with Crippen LogP contribution in [0.25, 0.3) is 0 Å². The van der Waals surface area contributed by atoms with E-state index >= 15 is 0 Å². The zero-order chi connectivity index (χ0) is 21.2. The van der Waals surface area contributed by atoms with Gasteiger partial charge in [-0.05, 0) is 30.9 Å². The molecule has 1 saturated carbocycles. The van der Waals surface area contributed by atoms with Crippen LogP contribution in [0, 0.1) is 0 Å². The number of hydrogen-bond donors (Lipinski definition) is 3. The number of carbonyl (C=O) groups is 2. The molecule has 0 unspecified atom stereocenters. The molecule has 1 aromatic carbocycles. The first-order valence-corrected chi connectivity index (χ1v) is 9.10. The van der Waals surface area contributed by atoms with Crippen molar-refractivity contribution < 1.29 is 22.8 Å². The number of nitrogens with zero attached hydrogens (tertiary/aromatic N) is 2. The summed E-state index contributed by atoms with van der Waals surface area (Å²) < 4.78 is 36.4. The Hall–Kier alpha value is -2.59. The quantitative estimate of drug-likeness (QED) is 0.622. The molecular weight excluding hydrogens is 434 g/mol. The van der Waals surface area contributed by atoms with E-state index in [1.807, 2.05) is 6.07 Å². The Balaban J connectivity index is 1.69. The molecule has 29 heavy (non-hydrogen) atoms. The van der Waals surface area contributed by atoms with E-state index in [0.29, 0.717) is 10.0 Å². The molecule has 1 aromatic heterocycles. The Bertz CT molecular complexity index is 934. The second-order valence-corrected chi connectivity index (χ2v) is 7.15. The van der Waals surface area contributed by atoms with Crippen LogP contribution in [0.2, 0.25) is 10.0 Å². The third-order valence-corrected chi connectivity index (χ3v) is 5.31. The Morgan fingerprint density at radius 3 is 2.28 bits per heavy atom. The fraction of sp³-hybridized carbons (Fsp3) is 0.294. The third kappa shape index (κ3) is 4.54. The van der Waals surface area contributed by atoms with Gasteiger partial charge in [-0.2, -0.15) is 13.2 Å². The standard InChI is InChI=1S/C17H14Cl2F3N5O2/c18-11-4-1-3-10(12(11)19)16(5-2-6-16)25-15-23-7-9(8-24-15)13(28)26-27-14(29)17(20,21)22/h1,3-4,7-8H,2,5-6H2,(H,26,28)(H,27,29)(H,23,24,25). The van der Waals surface area contributed by atoms with E-state index in [1.54, 1.807) is 17.6 Å². The Kier molecular flexibility index (Phi) is 5.85. The minimum absolute atomic E-state index is 0.138. The van der Waals surface area contributed by atoms with E-state index in [2.05, 4.69) is 15.3 Å². The van der Waals surface area contributed by atoms with Crippen LogP contribution in [0.5, 0.6) is 0 Å². The summed E-state index contributed by atoms with van der Waals surface area (Å²) in [5, 5.41) is 4.05. The number of anilines is 1. The molecule has 0 aliphatic heterocycles. The number of benzene rings is 1. The lowest BCUT2D eigenvalue weighted by atomic mass is 9.72. The van der Waals surface area contributed by atoms with Crippen LogP contribution in [0.15, 0.2) is 30.6 Å². The van der Waals surface area contributed by atoms with Crippen molar-refractivity contribution in [2.75, 3.05) is 5.32 Å². The van der Waals surface area contributed by atoms with Gasteiger partial charge in [0.15, 0.2) is 0 Å². The van der Waals surface area contributed by atoms with E-state index in [-0.39, 0.29) is 11.5 Å². The van der Waals surface area contributed by atoms with Gasteiger partial charge in [-0.3, -0.25) is 20.4 Å². The van der Waals surface area contributed by atoms with Crippen molar-refractivity contribution in [1.82, 2.24) is 20.8 Å². The zero-order valence-electron chi connectivity index (χ0n) is 14.6. The van der Waals surface area contributed by atoms with Gasteiger partial charge in [-0.15, -0.1) is 0 Å². The van der Waals surface area contributed by atoms with Gasteiger partial charge in [0.05, 0.1) is 21.1 Å². The van der Waals surface area contributed by atoms with Crippen molar-refractivity contribution >= 4 is 41.0 Å². The van der Waals surface area contributed by atoms with Gasteiger partial charge in [-0.25, -0.2) is 9.97 Å². The maximum absolute atomic E-state index is 12.1. The second kappa shape index (κ2) is 8.03. The molecule has 0 bridgehead atoms. The van der Waals surface area contributed by atoms with E-state index in [1.165, 1.54) is 5.43 Å². The van der Waals surface area contributed by atoms with Crippen molar-refractivity contribution in [3.05, 3.63) is 51.8 Å². The molecule has 12 heteroatoms. The molecule has 0 radical (unpaired) electrons. The maximum Gasteiger partial charge on any atom is 0.472 e. The molecule has 1 fully saturated rings. The molecule has 0 spiro atoms. The summed E-state index contributed by atoms with van der Waals surface area (Å²) >= 11 is 12.4. The second-order valence-electron chi connectivity index (χ2n) is 6.36. The fourth-order valence-electron chi connectivity index (χ4n) is 2.85. The molecule has 1 aliphatic carbocycles. The van der Waals surface area contributed by atoms with Gasteiger partial charge in [0.25, 0.3) is 5.91 Å². The number of aromatic nitrogens is 2. The number of alkyl halides is 3. The number of rotatable bonds is 4. The van der Waals surface area contributed by atoms with Gasteiger partial charge < -0.3 is 5.32 Å². The molecule has 3 rings (SSSR count). The van der Waals surface area contributed by atoms with Gasteiger partial charge in [0.1, 0.15) is 0 Å². The smallest absolute Gasteiger partial charge is 0.345 e. The van der Waals surface area contributed by atoms with E-state index in [0.717, 1.165) is 37.2 Å². The summed E-state index contributed by atoms with van der Waals surface area (Å²) in [6.45, 7) is 0. The molecule has 2 aromatic rings. The number of hydrazine groups is 1. The van der Waals surface area contributed by atoms with Gasteiger partial charge in [0, 0.05) is 12.4 Å². The predicted molar refractivity (Wildman–Crippen MR) is 99.3 cm³/mol. The average molecular weight is 448 g/mol. The average Bonchev–Trinajstić information content (AvgIpc) is 2.64. The Morgan fingerprint density at radius 2 is 1.72 bits per heavy atom. The summed E-state index contributed by atoms with van der Waals surface area (Å²) in [6.07, 6.45) is -0.386. The minimum Gasteiger partial charge on any atom is -0.345 e.